The first-order valence-electron chi connectivity index (χ1n) is 7.19. The average molecular weight is 303 g/mol. The van der Waals surface area contributed by atoms with Crippen molar-refractivity contribution in [3.05, 3.63) is 41.1 Å². The molecule has 2 rings (SSSR count). The molecule has 0 fully saturated rings. The fourth-order valence-corrected chi connectivity index (χ4v) is 2.22. The van der Waals surface area contributed by atoms with E-state index in [0.717, 1.165) is 29.0 Å². The van der Waals surface area contributed by atoms with E-state index in [0.29, 0.717) is 12.3 Å². The number of rotatable bonds is 6. The molecule has 0 spiro atoms. The fraction of sp³-hybridized carbons (Fsp3) is 0.375. The highest BCUT2D eigenvalue weighted by Crippen LogP contribution is 2.20. The van der Waals surface area contributed by atoms with Crippen LogP contribution in [-0.2, 0) is 17.6 Å². The summed E-state index contributed by atoms with van der Waals surface area (Å²) in [6.07, 6.45) is 1.17. The van der Waals surface area contributed by atoms with Crippen molar-refractivity contribution in [1.82, 2.24) is 5.16 Å². The van der Waals surface area contributed by atoms with Crippen molar-refractivity contribution in [2.45, 2.75) is 32.7 Å². The lowest BCUT2D eigenvalue weighted by molar-refractivity contribution is -0.117. The molecule has 0 radical (unpaired) electrons. The van der Waals surface area contributed by atoms with Crippen LogP contribution in [0.5, 0.6) is 5.75 Å². The van der Waals surface area contributed by atoms with Crippen LogP contribution in [0.4, 0.5) is 5.88 Å². The Morgan fingerprint density at radius 2 is 2.09 bits per heavy atom. The number of hydrogen-bond donors (Lipinski definition) is 2. The maximum absolute atomic E-state index is 12.2. The number of nitrogens with zero attached hydrogens (tertiary/aromatic N) is 1. The molecule has 1 aromatic carbocycles. The smallest absolute Gasteiger partial charge is 0.244 e. The van der Waals surface area contributed by atoms with E-state index >= 15 is 0 Å². The summed E-state index contributed by atoms with van der Waals surface area (Å²) < 4.78 is 10.2. The van der Waals surface area contributed by atoms with Crippen molar-refractivity contribution in [3.8, 4) is 5.75 Å². The first kappa shape index (κ1) is 16.0. The molecule has 0 aliphatic carbocycles. The SMILES string of the molecule is CCc1c(C)noc1NC(=O)[C@@H](N)Cc1ccc(OC)cc1. The zero-order valence-electron chi connectivity index (χ0n) is 13.1. The number of methoxy groups -OCH3 is 1. The lowest BCUT2D eigenvalue weighted by Gasteiger charge is -2.11. The van der Waals surface area contributed by atoms with Crippen molar-refractivity contribution in [1.29, 1.82) is 0 Å². The third-order valence-electron chi connectivity index (χ3n) is 3.53. The topological polar surface area (TPSA) is 90.4 Å². The quantitative estimate of drug-likeness (QED) is 0.852. The number of aromatic nitrogens is 1. The zero-order valence-corrected chi connectivity index (χ0v) is 13.1. The third-order valence-corrected chi connectivity index (χ3v) is 3.53. The molecule has 22 heavy (non-hydrogen) atoms. The van der Waals surface area contributed by atoms with E-state index in [4.69, 9.17) is 15.0 Å². The molecule has 2 aromatic rings. The molecular weight excluding hydrogens is 282 g/mol. The van der Waals surface area contributed by atoms with E-state index in [1.54, 1.807) is 7.11 Å². The Hall–Kier alpha value is -2.34. The van der Waals surface area contributed by atoms with E-state index in [1.165, 1.54) is 0 Å². The molecule has 1 heterocycles. The summed E-state index contributed by atoms with van der Waals surface area (Å²) in [6, 6.07) is 6.80. The Morgan fingerprint density at radius 1 is 1.41 bits per heavy atom. The summed E-state index contributed by atoms with van der Waals surface area (Å²) in [7, 11) is 1.61. The van der Waals surface area contributed by atoms with Crippen LogP contribution in [0.1, 0.15) is 23.7 Å². The number of carbonyl (C=O) groups is 1. The number of anilines is 1. The highest BCUT2D eigenvalue weighted by molar-refractivity contribution is 5.94. The van der Waals surface area contributed by atoms with Gasteiger partial charge in [0.2, 0.25) is 11.8 Å². The second-order valence-corrected chi connectivity index (χ2v) is 5.08. The fourth-order valence-electron chi connectivity index (χ4n) is 2.22. The second kappa shape index (κ2) is 7.09. The van der Waals surface area contributed by atoms with E-state index in [9.17, 15) is 4.79 Å². The van der Waals surface area contributed by atoms with Gasteiger partial charge in [-0.15, -0.1) is 0 Å². The minimum atomic E-state index is -0.663. The Kier molecular flexibility index (Phi) is 5.16. The Balaban J connectivity index is 1.99. The number of amides is 1. The van der Waals surface area contributed by atoms with Crippen molar-refractivity contribution in [2.75, 3.05) is 12.4 Å². The monoisotopic (exact) mass is 303 g/mol. The van der Waals surface area contributed by atoms with Crippen LogP contribution in [0.3, 0.4) is 0 Å². The number of aryl methyl sites for hydroxylation is 1. The standard InChI is InChI=1S/C16H21N3O3/c1-4-13-10(2)19-22-16(13)18-15(20)14(17)9-11-5-7-12(21-3)8-6-11/h5-8,14H,4,9,17H2,1-3H3,(H,18,20)/t14-/m0/s1. The van der Waals surface area contributed by atoms with E-state index in [1.807, 2.05) is 38.1 Å². The zero-order chi connectivity index (χ0) is 16.1. The molecule has 3 N–H and O–H groups in total. The van der Waals surface area contributed by atoms with Crippen molar-refractivity contribution < 1.29 is 14.1 Å². The van der Waals surface area contributed by atoms with E-state index in [2.05, 4.69) is 10.5 Å². The van der Waals surface area contributed by atoms with Gasteiger partial charge in [0.15, 0.2) is 0 Å². The largest absolute Gasteiger partial charge is 0.497 e. The molecule has 0 saturated heterocycles. The first-order valence-corrected chi connectivity index (χ1v) is 7.19. The maximum atomic E-state index is 12.2. The summed E-state index contributed by atoms with van der Waals surface area (Å²) in [5, 5.41) is 6.57. The molecule has 1 aromatic heterocycles. The molecule has 0 bridgehead atoms. The van der Waals surface area contributed by atoms with Gasteiger partial charge in [-0.1, -0.05) is 24.2 Å². The number of benzene rings is 1. The number of carbonyl (C=O) groups excluding carboxylic acids is 1. The van der Waals surface area contributed by atoms with Crippen LogP contribution >= 0.6 is 0 Å². The van der Waals surface area contributed by atoms with Gasteiger partial charge < -0.3 is 15.0 Å². The van der Waals surface area contributed by atoms with E-state index < -0.39 is 6.04 Å². The molecule has 118 valence electrons. The summed E-state index contributed by atoms with van der Waals surface area (Å²) in [4.78, 5) is 12.2. The molecule has 1 atom stereocenters. The van der Waals surface area contributed by atoms with Gasteiger partial charge in [0.05, 0.1) is 18.8 Å². The molecular formula is C16H21N3O3. The minimum Gasteiger partial charge on any atom is -0.497 e. The van der Waals surface area contributed by atoms with Crippen molar-refractivity contribution in [2.24, 2.45) is 5.73 Å². The van der Waals surface area contributed by atoms with Crippen LogP contribution < -0.4 is 15.8 Å². The summed E-state index contributed by atoms with van der Waals surface area (Å²) >= 11 is 0. The Labute approximate surface area is 129 Å². The van der Waals surface area contributed by atoms with Gasteiger partial charge in [0.25, 0.3) is 0 Å². The van der Waals surface area contributed by atoms with E-state index in [-0.39, 0.29) is 5.91 Å². The van der Waals surface area contributed by atoms with Crippen molar-refractivity contribution in [3.63, 3.8) is 0 Å². The van der Waals surface area contributed by atoms with Crippen LogP contribution in [0, 0.1) is 6.92 Å². The van der Waals surface area contributed by atoms with Gasteiger partial charge in [-0.05, 0) is 37.5 Å². The molecule has 0 unspecified atom stereocenters. The van der Waals surface area contributed by atoms with Gasteiger partial charge in [-0.2, -0.15) is 0 Å². The molecule has 1 amide bonds. The van der Waals surface area contributed by atoms with Crippen molar-refractivity contribution >= 4 is 11.8 Å². The van der Waals surface area contributed by atoms with Crippen LogP contribution in [0.15, 0.2) is 28.8 Å². The predicted octanol–water partition coefficient (Wildman–Crippen LogP) is 2.06. The number of ether oxygens (including phenoxy) is 1. The molecule has 0 aliphatic heterocycles. The number of nitrogens with two attached hydrogens (primary N) is 1. The molecule has 6 heteroatoms. The first-order chi connectivity index (χ1) is 10.5. The average Bonchev–Trinajstić information content (AvgIpc) is 2.87. The lowest BCUT2D eigenvalue weighted by atomic mass is 10.1. The highest BCUT2D eigenvalue weighted by Gasteiger charge is 2.19. The lowest BCUT2D eigenvalue weighted by Crippen LogP contribution is -2.37. The van der Waals surface area contributed by atoms with Crippen LogP contribution in [0.2, 0.25) is 0 Å². The third kappa shape index (κ3) is 3.65. The second-order valence-electron chi connectivity index (χ2n) is 5.08. The van der Waals surface area contributed by atoms with Gasteiger partial charge in [0.1, 0.15) is 5.75 Å². The molecule has 0 saturated carbocycles. The summed E-state index contributed by atoms with van der Waals surface area (Å²) in [6.45, 7) is 3.82. The predicted molar refractivity (Wildman–Crippen MR) is 83.9 cm³/mol. The molecule has 6 nitrogen and oxygen atoms in total. The van der Waals surface area contributed by atoms with Gasteiger partial charge in [-0.25, -0.2) is 0 Å². The Bertz CT molecular complexity index is 635. The maximum Gasteiger partial charge on any atom is 0.244 e. The van der Waals surface area contributed by atoms with Crippen LogP contribution in [0.25, 0.3) is 0 Å². The number of nitrogens with one attached hydrogen (secondary N) is 1. The minimum absolute atomic E-state index is 0.290. The van der Waals surface area contributed by atoms with Gasteiger partial charge in [0, 0.05) is 5.56 Å². The Morgan fingerprint density at radius 3 is 2.68 bits per heavy atom. The molecule has 0 aliphatic rings. The normalized spacial score (nSPS) is 12.0. The van der Waals surface area contributed by atoms with Gasteiger partial charge >= 0.3 is 0 Å². The van der Waals surface area contributed by atoms with Crippen LogP contribution in [-0.4, -0.2) is 24.2 Å². The summed E-state index contributed by atoms with van der Waals surface area (Å²) in [5.41, 5.74) is 8.60. The number of hydrogen-bond acceptors (Lipinski definition) is 5. The highest BCUT2D eigenvalue weighted by atomic mass is 16.5. The summed E-state index contributed by atoms with van der Waals surface area (Å²) in [5.74, 6) is 0.864. The van der Waals surface area contributed by atoms with Gasteiger partial charge in [-0.3, -0.25) is 10.1 Å².